The highest BCUT2D eigenvalue weighted by Crippen LogP contribution is 2.10. The van der Waals surface area contributed by atoms with Crippen LogP contribution in [-0.4, -0.2) is 45.7 Å². The molecule has 0 spiro atoms. The van der Waals surface area contributed by atoms with Gasteiger partial charge in [-0.25, -0.2) is 4.79 Å². The van der Waals surface area contributed by atoms with Crippen molar-refractivity contribution in [3.8, 4) is 0 Å². The number of esters is 1. The predicted octanol–water partition coefficient (Wildman–Crippen LogP) is 3.92. The van der Waals surface area contributed by atoms with Gasteiger partial charge in [0.25, 0.3) is 0 Å². The minimum Gasteiger partial charge on any atom is -0.460 e. The van der Waals surface area contributed by atoms with Crippen LogP contribution in [0.15, 0.2) is 60.8 Å². The van der Waals surface area contributed by atoms with Gasteiger partial charge in [-0.2, -0.15) is 0 Å². The van der Waals surface area contributed by atoms with E-state index in [2.05, 4.69) is 0 Å². The molecule has 0 aromatic carbocycles. The Morgan fingerprint density at radius 1 is 0.862 bits per heavy atom. The van der Waals surface area contributed by atoms with E-state index in [9.17, 15) is 20.1 Å². The summed E-state index contributed by atoms with van der Waals surface area (Å²) in [4.78, 5) is 11.8. The zero-order valence-electron chi connectivity index (χ0n) is 17.4. The first-order valence-corrected chi connectivity index (χ1v) is 10.6. The minimum atomic E-state index is -0.652. The van der Waals surface area contributed by atoms with Crippen LogP contribution in [0.1, 0.15) is 58.3 Å². The molecule has 0 aromatic heterocycles. The highest BCUT2D eigenvalue weighted by atomic mass is 16.5. The monoisotopic (exact) mass is 404 g/mol. The molecule has 1 rings (SSSR count). The molecule has 5 heteroatoms. The number of aliphatic hydroxyl groups excluding tert-OH is 3. The van der Waals surface area contributed by atoms with Gasteiger partial charge in [-0.05, 0) is 45.4 Å². The maximum Gasteiger partial charge on any atom is 0.331 e. The maximum absolute atomic E-state index is 11.8. The average Bonchev–Trinajstić information content (AvgIpc) is 2.65. The minimum absolute atomic E-state index is 0.125. The normalized spacial score (nSPS) is 34.8. The summed E-state index contributed by atoms with van der Waals surface area (Å²) in [6.07, 6.45) is 21.1. The summed E-state index contributed by atoms with van der Waals surface area (Å²) in [5.41, 5.74) is 0. The fraction of sp³-hybridized carbons (Fsp3) is 0.542. The van der Waals surface area contributed by atoms with Gasteiger partial charge in [-0.1, -0.05) is 61.1 Å². The number of hydrogen-bond donors (Lipinski definition) is 3. The smallest absolute Gasteiger partial charge is 0.331 e. The van der Waals surface area contributed by atoms with E-state index in [0.29, 0.717) is 19.3 Å². The number of aliphatic hydroxyl groups is 3. The van der Waals surface area contributed by atoms with Crippen molar-refractivity contribution in [2.45, 2.75) is 82.7 Å². The zero-order chi connectivity index (χ0) is 21.3. The Labute approximate surface area is 174 Å². The lowest BCUT2D eigenvalue weighted by atomic mass is 10.1. The van der Waals surface area contributed by atoms with Gasteiger partial charge >= 0.3 is 5.97 Å². The molecule has 3 N–H and O–H groups in total. The van der Waals surface area contributed by atoms with Crippen LogP contribution >= 0.6 is 0 Å². The summed E-state index contributed by atoms with van der Waals surface area (Å²) in [6, 6.07) is 0. The first-order chi connectivity index (χ1) is 14.0. The van der Waals surface area contributed by atoms with Crippen molar-refractivity contribution in [2.24, 2.45) is 0 Å². The number of ether oxygens (including phenoxy) is 1. The van der Waals surface area contributed by atoms with E-state index in [0.717, 1.165) is 32.1 Å². The van der Waals surface area contributed by atoms with E-state index in [4.69, 9.17) is 4.74 Å². The molecule has 29 heavy (non-hydrogen) atoms. The zero-order valence-corrected chi connectivity index (χ0v) is 17.4. The lowest BCUT2D eigenvalue weighted by Gasteiger charge is -2.11. The molecule has 162 valence electrons. The van der Waals surface area contributed by atoms with E-state index in [1.54, 1.807) is 42.5 Å². The Hall–Kier alpha value is -1.95. The second kappa shape index (κ2) is 15.9. The molecule has 4 atom stereocenters. The van der Waals surface area contributed by atoms with Crippen molar-refractivity contribution in [1.29, 1.82) is 0 Å². The van der Waals surface area contributed by atoms with Gasteiger partial charge in [0, 0.05) is 12.5 Å². The van der Waals surface area contributed by atoms with Crippen LogP contribution in [0, 0.1) is 0 Å². The summed E-state index contributed by atoms with van der Waals surface area (Å²) < 4.78 is 5.34. The van der Waals surface area contributed by atoms with Gasteiger partial charge in [0.05, 0.1) is 24.4 Å². The summed E-state index contributed by atoms with van der Waals surface area (Å²) >= 11 is 0. The molecule has 0 unspecified atom stereocenters. The van der Waals surface area contributed by atoms with Crippen molar-refractivity contribution in [2.75, 3.05) is 0 Å². The summed E-state index contributed by atoms with van der Waals surface area (Å²) in [7, 11) is 0. The lowest BCUT2D eigenvalue weighted by molar-refractivity contribution is -0.142. The van der Waals surface area contributed by atoms with Crippen LogP contribution in [0.3, 0.4) is 0 Å². The Balaban J connectivity index is 2.60. The quantitative estimate of drug-likeness (QED) is 0.421. The fourth-order valence-electron chi connectivity index (χ4n) is 2.89. The summed E-state index contributed by atoms with van der Waals surface area (Å²) in [5.74, 6) is -0.360. The van der Waals surface area contributed by atoms with Crippen LogP contribution in [0.4, 0.5) is 0 Å². The van der Waals surface area contributed by atoms with Crippen molar-refractivity contribution in [3.05, 3.63) is 60.8 Å². The Bertz CT molecular complexity index is 588. The molecule has 0 radical (unpaired) electrons. The van der Waals surface area contributed by atoms with Gasteiger partial charge in [-0.15, -0.1) is 0 Å². The molecule has 0 amide bonds. The summed E-state index contributed by atoms with van der Waals surface area (Å²) in [5, 5.41) is 29.8. The van der Waals surface area contributed by atoms with E-state index in [-0.39, 0.29) is 12.1 Å². The van der Waals surface area contributed by atoms with Gasteiger partial charge in [0.2, 0.25) is 0 Å². The number of allylic oxidation sites excluding steroid dienone is 5. The first-order valence-electron chi connectivity index (χ1n) is 10.6. The Kier molecular flexibility index (Phi) is 13.8. The van der Waals surface area contributed by atoms with Gasteiger partial charge in [0.1, 0.15) is 0 Å². The second-order valence-electron chi connectivity index (χ2n) is 7.41. The number of cyclic esters (lactones) is 1. The molecule has 5 nitrogen and oxygen atoms in total. The third kappa shape index (κ3) is 14.7. The van der Waals surface area contributed by atoms with Crippen molar-refractivity contribution in [1.82, 2.24) is 0 Å². The molecule has 0 saturated heterocycles. The van der Waals surface area contributed by atoms with E-state index >= 15 is 0 Å². The first kappa shape index (κ1) is 25.1. The molecular formula is C24H36O5. The molecule has 1 heterocycles. The average molecular weight is 405 g/mol. The number of carbonyl (C=O) groups excluding carboxylic acids is 1. The molecule has 1 aliphatic heterocycles. The lowest BCUT2D eigenvalue weighted by Crippen LogP contribution is -2.14. The molecule has 0 aliphatic carbocycles. The molecule has 0 fully saturated rings. The van der Waals surface area contributed by atoms with Gasteiger partial charge < -0.3 is 20.1 Å². The molecule has 0 bridgehead atoms. The topological polar surface area (TPSA) is 87.0 Å². The van der Waals surface area contributed by atoms with Crippen LogP contribution in [0.2, 0.25) is 0 Å². The third-order valence-corrected chi connectivity index (χ3v) is 4.52. The van der Waals surface area contributed by atoms with E-state index in [1.807, 2.05) is 19.1 Å². The fourth-order valence-corrected chi connectivity index (χ4v) is 2.89. The largest absolute Gasteiger partial charge is 0.460 e. The highest BCUT2D eigenvalue weighted by molar-refractivity contribution is 5.82. The van der Waals surface area contributed by atoms with Gasteiger partial charge in [-0.3, -0.25) is 0 Å². The molecule has 1 aliphatic rings. The van der Waals surface area contributed by atoms with Crippen molar-refractivity contribution < 1.29 is 24.9 Å². The predicted molar refractivity (Wildman–Crippen MR) is 116 cm³/mol. The number of carbonyl (C=O) groups is 1. The standard InChI is InChI=1S/C24H36O5/c1-20-13-7-3-2-4-8-16-22(26)19-23(27)17-11-5-9-14-21(25)15-10-6-12-18-24(28)29-20/h5-6,8-12,14,16,18,20-23,25-27H,2-4,7,13,15,17,19H2,1H3/b10-6+,11-5-,14-9+,16-8+,18-12-/t20-,21-,22+,23+/m1/s1. The van der Waals surface area contributed by atoms with E-state index < -0.39 is 18.3 Å². The van der Waals surface area contributed by atoms with Crippen LogP contribution in [0.5, 0.6) is 0 Å². The van der Waals surface area contributed by atoms with E-state index in [1.165, 1.54) is 6.08 Å². The van der Waals surface area contributed by atoms with Crippen LogP contribution in [0.25, 0.3) is 0 Å². The number of hydrogen-bond acceptors (Lipinski definition) is 5. The van der Waals surface area contributed by atoms with Crippen molar-refractivity contribution >= 4 is 5.97 Å². The van der Waals surface area contributed by atoms with Crippen LogP contribution in [-0.2, 0) is 9.53 Å². The molecule has 0 aromatic rings. The van der Waals surface area contributed by atoms with Gasteiger partial charge in [0.15, 0.2) is 0 Å². The number of rotatable bonds is 0. The summed E-state index contributed by atoms with van der Waals surface area (Å²) in [6.45, 7) is 1.89. The Morgan fingerprint density at radius 2 is 1.62 bits per heavy atom. The maximum atomic E-state index is 11.8. The third-order valence-electron chi connectivity index (χ3n) is 4.52. The highest BCUT2D eigenvalue weighted by Gasteiger charge is 2.08. The second-order valence-corrected chi connectivity index (χ2v) is 7.41. The van der Waals surface area contributed by atoms with Crippen LogP contribution < -0.4 is 0 Å². The Morgan fingerprint density at radius 3 is 2.45 bits per heavy atom. The molecule has 0 saturated carbocycles. The van der Waals surface area contributed by atoms with Crippen molar-refractivity contribution in [3.63, 3.8) is 0 Å². The SMILES string of the molecule is C[C@@H]1CCCCC/C=C/[C@H](O)C[C@@H](O)C/C=C\C=C\[C@@H](O)C/C=C/C=C\C(=O)O1. The molecular weight excluding hydrogens is 368 g/mol.